The fourth-order valence-electron chi connectivity index (χ4n) is 2.53. The van der Waals surface area contributed by atoms with Gasteiger partial charge in [0.25, 0.3) is 10.0 Å². The van der Waals surface area contributed by atoms with Crippen LogP contribution >= 0.6 is 27.3 Å². The van der Waals surface area contributed by atoms with Crippen molar-refractivity contribution in [3.8, 4) is 0 Å². The highest BCUT2D eigenvalue weighted by molar-refractivity contribution is 9.09. The van der Waals surface area contributed by atoms with Crippen LogP contribution in [0.2, 0.25) is 0 Å². The van der Waals surface area contributed by atoms with E-state index in [9.17, 15) is 8.42 Å². The first kappa shape index (κ1) is 15.4. The van der Waals surface area contributed by atoms with Gasteiger partial charge < -0.3 is 0 Å². The van der Waals surface area contributed by atoms with Crippen LogP contribution in [-0.2, 0) is 10.0 Å². The molecular formula is C12H19BrN2O2S2. The molecule has 4 nitrogen and oxygen atoms in total. The maximum Gasteiger partial charge on any atom is 0.254 e. The molecule has 0 atom stereocenters. The number of halogens is 1. The Kier molecular flexibility index (Phi) is 5.39. The molecule has 2 rings (SSSR count). The van der Waals surface area contributed by atoms with E-state index in [1.807, 2.05) is 6.92 Å². The lowest BCUT2D eigenvalue weighted by Crippen LogP contribution is -2.42. The Labute approximate surface area is 127 Å². The quantitative estimate of drug-likeness (QED) is 0.751. The van der Waals surface area contributed by atoms with Crippen LogP contribution in [0, 0.1) is 6.92 Å². The molecule has 0 amide bonds. The molecule has 0 unspecified atom stereocenters. The van der Waals surface area contributed by atoms with Crippen molar-refractivity contribution in [3.05, 3.63) is 11.2 Å². The van der Waals surface area contributed by atoms with E-state index in [2.05, 4.69) is 20.9 Å². The third-order valence-electron chi connectivity index (χ3n) is 3.45. The van der Waals surface area contributed by atoms with Gasteiger partial charge in [-0.3, -0.25) is 0 Å². The van der Waals surface area contributed by atoms with Gasteiger partial charge in [0.15, 0.2) is 4.21 Å². The van der Waals surface area contributed by atoms with Crippen molar-refractivity contribution in [2.45, 2.75) is 49.3 Å². The molecule has 1 fully saturated rings. The van der Waals surface area contributed by atoms with Crippen LogP contribution in [0.5, 0.6) is 0 Å². The SMILES string of the molecule is Cc1ncc(S(=O)(=O)N(CCBr)C2CCCCC2)s1. The number of hydrogen-bond donors (Lipinski definition) is 0. The monoisotopic (exact) mass is 366 g/mol. The zero-order valence-corrected chi connectivity index (χ0v) is 14.2. The first-order valence-electron chi connectivity index (χ1n) is 6.56. The molecule has 1 saturated carbocycles. The predicted octanol–water partition coefficient (Wildman–Crippen LogP) is 3.17. The molecule has 7 heteroatoms. The van der Waals surface area contributed by atoms with Gasteiger partial charge in [-0.05, 0) is 19.8 Å². The summed E-state index contributed by atoms with van der Waals surface area (Å²) in [4.78, 5) is 4.07. The van der Waals surface area contributed by atoms with E-state index in [-0.39, 0.29) is 6.04 Å². The summed E-state index contributed by atoms with van der Waals surface area (Å²) in [6.45, 7) is 2.36. The van der Waals surface area contributed by atoms with Crippen molar-refractivity contribution in [1.82, 2.24) is 9.29 Å². The Balaban J connectivity index is 2.26. The van der Waals surface area contributed by atoms with Crippen LogP contribution in [0.15, 0.2) is 10.4 Å². The van der Waals surface area contributed by atoms with E-state index in [0.29, 0.717) is 16.1 Å². The second kappa shape index (κ2) is 6.65. The zero-order chi connectivity index (χ0) is 13.9. The zero-order valence-electron chi connectivity index (χ0n) is 11.0. The minimum absolute atomic E-state index is 0.152. The van der Waals surface area contributed by atoms with Crippen molar-refractivity contribution in [2.75, 3.05) is 11.9 Å². The van der Waals surface area contributed by atoms with E-state index >= 15 is 0 Å². The molecule has 0 bridgehead atoms. The van der Waals surface area contributed by atoms with Crippen LogP contribution in [0.25, 0.3) is 0 Å². The largest absolute Gasteiger partial charge is 0.254 e. The van der Waals surface area contributed by atoms with Gasteiger partial charge in [0, 0.05) is 17.9 Å². The van der Waals surface area contributed by atoms with Gasteiger partial charge in [-0.1, -0.05) is 35.2 Å². The number of nitrogens with zero attached hydrogens (tertiary/aromatic N) is 2. The number of aromatic nitrogens is 1. The lowest BCUT2D eigenvalue weighted by molar-refractivity contribution is 0.263. The van der Waals surface area contributed by atoms with Crippen molar-refractivity contribution in [1.29, 1.82) is 0 Å². The van der Waals surface area contributed by atoms with Gasteiger partial charge >= 0.3 is 0 Å². The summed E-state index contributed by atoms with van der Waals surface area (Å²) in [5.74, 6) is 0. The number of alkyl halides is 1. The molecule has 0 aliphatic heterocycles. The van der Waals surface area contributed by atoms with Crippen LogP contribution in [0.4, 0.5) is 0 Å². The molecule has 19 heavy (non-hydrogen) atoms. The van der Waals surface area contributed by atoms with Crippen molar-refractivity contribution in [2.24, 2.45) is 0 Å². The smallest absolute Gasteiger partial charge is 0.249 e. The van der Waals surface area contributed by atoms with Gasteiger partial charge in [-0.2, -0.15) is 4.31 Å². The van der Waals surface area contributed by atoms with E-state index in [4.69, 9.17) is 0 Å². The van der Waals surface area contributed by atoms with E-state index in [0.717, 1.165) is 30.7 Å². The predicted molar refractivity (Wildman–Crippen MR) is 81.4 cm³/mol. The summed E-state index contributed by atoms with van der Waals surface area (Å²) >= 11 is 4.63. The van der Waals surface area contributed by atoms with E-state index in [1.54, 1.807) is 4.31 Å². The Bertz CT molecular complexity index is 510. The summed E-state index contributed by atoms with van der Waals surface area (Å²) < 4.78 is 27.5. The van der Waals surface area contributed by atoms with Crippen LogP contribution in [-0.4, -0.2) is 35.6 Å². The average Bonchev–Trinajstić information content (AvgIpc) is 2.84. The molecule has 0 radical (unpaired) electrons. The fraction of sp³-hybridized carbons (Fsp3) is 0.750. The van der Waals surface area contributed by atoms with Crippen LogP contribution < -0.4 is 0 Å². The summed E-state index contributed by atoms with van der Waals surface area (Å²) in [5.41, 5.74) is 0. The summed E-state index contributed by atoms with van der Waals surface area (Å²) in [6.07, 6.45) is 6.91. The summed E-state index contributed by atoms with van der Waals surface area (Å²) in [6, 6.07) is 0.152. The molecular weight excluding hydrogens is 348 g/mol. The van der Waals surface area contributed by atoms with Crippen LogP contribution in [0.3, 0.4) is 0 Å². The van der Waals surface area contributed by atoms with Crippen LogP contribution in [0.1, 0.15) is 37.1 Å². The molecule has 0 saturated heterocycles. The second-order valence-corrected chi connectivity index (χ2v) is 8.94. The standard InChI is InChI=1S/C12H19BrN2O2S2/c1-10-14-9-12(18-10)19(16,17)15(8-7-13)11-5-3-2-4-6-11/h9,11H,2-8H2,1H3. The number of aryl methyl sites for hydroxylation is 1. The van der Waals surface area contributed by atoms with Gasteiger partial charge in [0.1, 0.15) is 0 Å². The normalized spacial score (nSPS) is 18.1. The Morgan fingerprint density at radius 3 is 2.63 bits per heavy atom. The highest BCUT2D eigenvalue weighted by Crippen LogP contribution is 2.29. The maximum atomic E-state index is 12.7. The Morgan fingerprint density at radius 2 is 2.11 bits per heavy atom. The first-order valence-corrected chi connectivity index (χ1v) is 9.93. The third-order valence-corrected chi connectivity index (χ3v) is 7.11. The molecule has 0 N–H and O–H groups in total. The van der Waals surface area contributed by atoms with Crippen molar-refractivity contribution >= 4 is 37.3 Å². The van der Waals surface area contributed by atoms with E-state index < -0.39 is 10.0 Å². The minimum Gasteiger partial charge on any atom is -0.249 e. The molecule has 0 spiro atoms. The number of thiazole rings is 1. The van der Waals surface area contributed by atoms with Gasteiger partial charge in [0.05, 0.1) is 11.2 Å². The van der Waals surface area contributed by atoms with E-state index in [1.165, 1.54) is 24.0 Å². The number of hydrogen-bond acceptors (Lipinski definition) is 4. The lowest BCUT2D eigenvalue weighted by atomic mass is 9.95. The fourth-order valence-corrected chi connectivity index (χ4v) is 6.07. The maximum absolute atomic E-state index is 12.7. The summed E-state index contributed by atoms with van der Waals surface area (Å²) in [7, 11) is -3.38. The lowest BCUT2D eigenvalue weighted by Gasteiger charge is -2.32. The van der Waals surface area contributed by atoms with Gasteiger partial charge in [0.2, 0.25) is 0 Å². The molecule has 1 heterocycles. The average molecular weight is 367 g/mol. The molecule has 1 aliphatic rings. The van der Waals surface area contributed by atoms with Crippen molar-refractivity contribution < 1.29 is 8.42 Å². The molecule has 1 aromatic heterocycles. The highest BCUT2D eigenvalue weighted by atomic mass is 79.9. The molecule has 0 aromatic carbocycles. The second-order valence-electron chi connectivity index (χ2n) is 4.79. The third kappa shape index (κ3) is 3.56. The minimum atomic E-state index is -3.38. The van der Waals surface area contributed by atoms with Crippen molar-refractivity contribution in [3.63, 3.8) is 0 Å². The number of sulfonamides is 1. The topological polar surface area (TPSA) is 50.3 Å². The Hall–Kier alpha value is 0.0200. The van der Waals surface area contributed by atoms with Gasteiger partial charge in [-0.15, -0.1) is 11.3 Å². The molecule has 1 aromatic rings. The molecule has 108 valence electrons. The first-order chi connectivity index (χ1) is 9.05. The Morgan fingerprint density at radius 1 is 1.42 bits per heavy atom. The molecule has 1 aliphatic carbocycles. The summed E-state index contributed by atoms with van der Waals surface area (Å²) in [5, 5.41) is 1.46. The van der Waals surface area contributed by atoms with Gasteiger partial charge in [-0.25, -0.2) is 13.4 Å². The highest BCUT2D eigenvalue weighted by Gasteiger charge is 2.32. The number of rotatable bonds is 5.